The number of carbonyl (C=O) groups is 1. The molecule has 25 heavy (non-hydrogen) atoms. The van der Waals surface area contributed by atoms with Gasteiger partial charge >= 0.3 is 0 Å². The molecule has 0 bridgehead atoms. The van der Waals surface area contributed by atoms with Crippen LogP contribution in [0.5, 0.6) is 11.8 Å². The summed E-state index contributed by atoms with van der Waals surface area (Å²) >= 11 is 0. The third kappa shape index (κ3) is 3.89. The number of aryl methyl sites for hydroxylation is 3. The van der Waals surface area contributed by atoms with Crippen molar-refractivity contribution in [2.24, 2.45) is 7.05 Å². The highest BCUT2D eigenvalue weighted by Gasteiger charge is 2.29. The van der Waals surface area contributed by atoms with Gasteiger partial charge < -0.3 is 14.4 Å². The minimum Gasteiger partial charge on any atom is -0.479 e. The molecule has 1 atom stereocenters. The summed E-state index contributed by atoms with van der Waals surface area (Å²) in [6.45, 7) is 4.95. The van der Waals surface area contributed by atoms with Crippen molar-refractivity contribution < 1.29 is 14.3 Å². The third-order valence-electron chi connectivity index (χ3n) is 4.11. The first-order valence-corrected chi connectivity index (χ1v) is 8.32. The molecule has 8 nitrogen and oxygen atoms in total. The minimum atomic E-state index is -0.0895. The lowest BCUT2D eigenvalue weighted by Crippen LogP contribution is -2.44. The molecule has 1 aliphatic heterocycles. The molecule has 3 rings (SSSR count). The smallest absolute Gasteiger partial charge is 0.261 e. The number of hydrogen-bond acceptors (Lipinski definition) is 6. The van der Waals surface area contributed by atoms with Crippen molar-refractivity contribution in [3.05, 3.63) is 29.3 Å². The molecule has 8 heteroatoms. The number of rotatable bonds is 4. The van der Waals surface area contributed by atoms with Crippen molar-refractivity contribution >= 4 is 5.91 Å². The van der Waals surface area contributed by atoms with Gasteiger partial charge in [0.1, 0.15) is 17.5 Å². The first-order chi connectivity index (χ1) is 12.0. The molecule has 0 radical (unpaired) electrons. The second-order valence-electron chi connectivity index (χ2n) is 6.25. The fraction of sp³-hybridized carbons (Fsp3) is 0.529. The number of amides is 1. The molecule has 0 unspecified atom stereocenters. The Kier molecular flexibility index (Phi) is 4.87. The van der Waals surface area contributed by atoms with Crippen LogP contribution in [0.4, 0.5) is 0 Å². The molecule has 0 saturated carbocycles. The van der Waals surface area contributed by atoms with E-state index in [1.165, 1.54) is 7.11 Å². The second kappa shape index (κ2) is 7.08. The van der Waals surface area contributed by atoms with Crippen LogP contribution >= 0.6 is 0 Å². The van der Waals surface area contributed by atoms with Gasteiger partial charge in [0.05, 0.1) is 13.7 Å². The van der Waals surface area contributed by atoms with E-state index in [0.717, 1.165) is 18.5 Å². The number of methoxy groups -OCH3 is 1. The summed E-state index contributed by atoms with van der Waals surface area (Å²) in [6, 6.07) is 1.82. The first-order valence-electron chi connectivity index (χ1n) is 8.32. The van der Waals surface area contributed by atoms with E-state index in [2.05, 4.69) is 15.1 Å². The van der Waals surface area contributed by atoms with Gasteiger partial charge in [-0.3, -0.25) is 9.48 Å². The van der Waals surface area contributed by atoms with Gasteiger partial charge in [-0.1, -0.05) is 0 Å². The Balaban J connectivity index is 1.71. The number of piperidine rings is 1. The predicted octanol–water partition coefficient (Wildman–Crippen LogP) is 1.52. The summed E-state index contributed by atoms with van der Waals surface area (Å²) in [5, 5.41) is 4.15. The molecular formula is C17H23N5O3. The first kappa shape index (κ1) is 17.2. The van der Waals surface area contributed by atoms with Crippen LogP contribution in [0.1, 0.15) is 34.7 Å². The summed E-state index contributed by atoms with van der Waals surface area (Å²) in [7, 11) is 3.28. The van der Waals surface area contributed by atoms with Gasteiger partial charge in [0, 0.05) is 31.5 Å². The summed E-state index contributed by atoms with van der Waals surface area (Å²) in [6.07, 6.45) is 3.36. The maximum atomic E-state index is 12.8. The summed E-state index contributed by atoms with van der Waals surface area (Å²) in [4.78, 5) is 23.2. The number of nitrogens with zero attached hydrogens (tertiary/aromatic N) is 5. The fourth-order valence-electron chi connectivity index (χ4n) is 3.07. The topological polar surface area (TPSA) is 82.4 Å². The van der Waals surface area contributed by atoms with Crippen LogP contribution in [0.15, 0.2) is 12.3 Å². The SMILES string of the molecule is COc1nn(C)cc1C(=O)N1CCC[C@@H](Oc2cc(C)nc(C)n2)C1. The van der Waals surface area contributed by atoms with Crippen molar-refractivity contribution in [1.29, 1.82) is 0 Å². The van der Waals surface area contributed by atoms with Crippen LogP contribution in [-0.2, 0) is 7.05 Å². The zero-order valence-corrected chi connectivity index (χ0v) is 15.0. The summed E-state index contributed by atoms with van der Waals surface area (Å²) < 4.78 is 12.8. The Morgan fingerprint density at radius 3 is 2.84 bits per heavy atom. The zero-order valence-electron chi connectivity index (χ0n) is 15.0. The van der Waals surface area contributed by atoms with Crippen LogP contribution in [0.3, 0.4) is 0 Å². The molecule has 2 aromatic heterocycles. The zero-order chi connectivity index (χ0) is 18.0. The molecule has 0 aliphatic carbocycles. The molecule has 0 spiro atoms. The van der Waals surface area contributed by atoms with E-state index in [1.807, 2.05) is 19.9 Å². The molecule has 1 fully saturated rings. The highest BCUT2D eigenvalue weighted by Crippen LogP contribution is 2.22. The van der Waals surface area contributed by atoms with Gasteiger partial charge in [-0.25, -0.2) is 4.98 Å². The minimum absolute atomic E-state index is 0.0888. The van der Waals surface area contributed by atoms with Gasteiger partial charge in [-0.15, -0.1) is 5.10 Å². The monoisotopic (exact) mass is 345 g/mol. The quantitative estimate of drug-likeness (QED) is 0.835. The number of hydrogen-bond donors (Lipinski definition) is 0. The molecular weight excluding hydrogens is 322 g/mol. The van der Waals surface area contributed by atoms with Crippen molar-refractivity contribution in [1.82, 2.24) is 24.6 Å². The standard InChI is InChI=1S/C17H23N5O3/c1-11-8-15(19-12(2)18-11)25-13-6-5-7-22(9-13)17(23)14-10-21(3)20-16(14)24-4/h8,10,13H,5-7,9H2,1-4H3/t13-/m1/s1. The lowest BCUT2D eigenvalue weighted by Gasteiger charge is -2.32. The summed E-state index contributed by atoms with van der Waals surface area (Å²) in [5.74, 6) is 1.49. The van der Waals surface area contributed by atoms with Crippen molar-refractivity contribution in [3.8, 4) is 11.8 Å². The predicted molar refractivity (Wildman–Crippen MR) is 90.8 cm³/mol. The maximum absolute atomic E-state index is 12.8. The average Bonchev–Trinajstić information content (AvgIpc) is 2.94. The van der Waals surface area contributed by atoms with E-state index in [1.54, 1.807) is 22.8 Å². The van der Waals surface area contributed by atoms with Crippen LogP contribution in [0.2, 0.25) is 0 Å². The Bertz CT molecular complexity index is 753. The Labute approximate surface area is 146 Å². The van der Waals surface area contributed by atoms with E-state index in [4.69, 9.17) is 9.47 Å². The third-order valence-corrected chi connectivity index (χ3v) is 4.11. The lowest BCUT2D eigenvalue weighted by molar-refractivity contribution is 0.0524. The number of carbonyl (C=O) groups excluding carboxylic acids is 1. The maximum Gasteiger partial charge on any atom is 0.261 e. The van der Waals surface area contributed by atoms with Gasteiger partial charge in [0.15, 0.2) is 0 Å². The fourth-order valence-corrected chi connectivity index (χ4v) is 3.07. The van der Waals surface area contributed by atoms with Crippen molar-refractivity contribution in [3.63, 3.8) is 0 Å². The molecule has 1 aliphatic rings. The van der Waals surface area contributed by atoms with E-state index in [9.17, 15) is 4.79 Å². The largest absolute Gasteiger partial charge is 0.479 e. The van der Waals surface area contributed by atoms with Crippen LogP contribution in [0, 0.1) is 13.8 Å². The lowest BCUT2D eigenvalue weighted by atomic mass is 10.1. The number of aromatic nitrogens is 4. The molecule has 0 N–H and O–H groups in total. The molecule has 1 saturated heterocycles. The van der Waals surface area contributed by atoms with Crippen LogP contribution < -0.4 is 9.47 Å². The average molecular weight is 345 g/mol. The van der Waals surface area contributed by atoms with Crippen LogP contribution in [-0.4, -0.2) is 56.9 Å². The molecule has 2 aromatic rings. The Morgan fingerprint density at radius 1 is 1.32 bits per heavy atom. The number of likely N-dealkylation sites (tertiary alicyclic amines) is 1. The highest BCUT2D eigenvalue weighted by molar-refractivity contribution is 5.96. The molecule has 3 heterocycles. The van der Waals surface area contributed by atoms with Gasteiger partial charge in [0.25, 0.3) is 5.91 Å². The Morgan fingerprint density at radius 2 is 2.12 bits per heavy atom. The summed E-state index contributed by atoms with van der Waals surface area (Å²) in [5.41, 5.74) is 1.34. The highest BCUT2D eigenvalue weighted by atomic mass is 16.5. The second-order valence-corrected chi connectivity index (χ2v) is 6.25. The van der Waals surface area contributed by atoms with E-state index in [-0.39, 0.29) is 12.0 Å². The Hall–Kier alpha value is -2.64. The van der Waals surface area contributed by atoms with E-state index >= 15 is 0 Å². The van der Waals surface area contributed by atoms with Crippen LogP contribution in [0.25, 0.3) is 0 Å². The molecule has 1 amide bonds. The van der Waals surface area contributed by atoms with E-state index < -0.39 is 0 Å². The van der Waals surface area contributed by atoms with Gasteiger partial charge in [-0.05, 0) is 26.7 Å². The molecule has 0 aromatic carbocycles. The normalized spacial score (nSPS) is 17.4. The number of ether oxygens (including phenoxy) is 2. The molecule has 134 valence electrons. The van der Waals surface area contributed by atoms with Gasteiger partial charge in [0.2, 0.25) is 11.8 Å². The van der Waals surface area contributed by atoms with Crippen molar-refractivity contribution in [2.75, 3.05) is 20.2 Å². The van der Waals surface area contributed by atoms with Gasteiger partial charge in [-0.2, -0.15) is 4.98 Å². The van der Waals surface area contributed by atoms with Crippen molar-refractivity contribution in [2.45, 2.75) is 32.8 Å². The van der Waals surface area contributed by atoms with E-state index in [0.29, 0.717) is 36.2 Å².